The number of benzene rings is 3. The average Bonchev–Trinajstić information content (AvgIpc) is 3.03. The summed E-state index contributed by atoms with van der Waals surface area (Å²) in [5.41, 5.74) is 1.66. The first-order valence-electron chi connectivity index (χ1n) is 8.53. The van der Waals surface area contributed by atoms with Crippen LogP contribution in [0.15, 0.2) is 59.7 Å². The summed E-state index contributed by atoms with van der Waals surface area (Å²) in [5, 5.41) is 10.9. The zero-order valence-electron chi connectivity index (χ0n) is 14.5. The molecule has 0 fully saturated rings. The van der Waals surface area contributed by atoms with E-state index in [0.29, 0.717) is 0 Å². The number of methoxy groups -OCH3 is 1. The van der Waals surface area contributed by atoms with Crippen molar-refractivity contribution in [3.05, 3.63) is 65.3 Å². The Balaban J connectivity index is 2.15. The monoisotopic (exact) mass is 420 g/mol. The highest BCUT2D eigenvalue weighted by molar-refractivity contribution is 9.09. The van der Waals surface area contributed by atoms with Crippen LogP contribution >= 0.6 is 15.9 Å². The second kappa shape index (κ2) is 6.03. The lowest BCUT2D eigenvalue weighted by atomic mass is 10.1. The number of nitrogens with zero attached hydrogens (tertiary/aromatic N) is 2. The Morgan fingerprint density at radius 1 is 1.15 bits per heavy atom. The first kappa shape index (κ1) is 16.2. The lowest BCUT2D eigenvalue weighted by molar-refractivity contribution is -0.523. The fourth-order valence-corrected chi connectivity index (χ4v) is 3.89. The Morgan fingerprint density at radius 2 is 1.93 bits per heavy atom. The number of nitrogens with one attached hydrogen (secondary N) is 1. The van der Waals surface area contributed by atoms with Crippen LogP contribution in [-0.2, 0) is 4.79 Å². The Morgan fingerprint density at radius 3 is 2.67 bits per heavy atom. The van der Waals surface area contributed by atoms with Gasteiger partial charge in [0.1, 0.15) is 16.6 Å². The van der Waals surface area contributed by atoms with Crippen LogP contribution in [0.3, 0.4) is 0 Å². The summed E-state index contributed by atoms with van der Waals surface area (Å²) in [6, 6.07) is 18.2. The maximum Gasteiger partial charge on any atom is 0.319 e. The maximum absolute atomic E-state index is 12.2. The molecule has 0 saturated heterocycles. The molecule has 5 rings (SSSR count). The maximum atomic E-state index is 12.2. The molecule has 2 aliphatic rings. The van der Waals surface area contributed by atoms with Crippen LogP contribution in [-0.4, -0.2) is 23.3 Å². The molecule has 1 aliphatic carbocycles. The topological polar surface area (TPSA) is 60.4 Å². The minimum absolute atomic E-state index is 0.169. The Kier molecular flexibility index (Phi) is 3.62. The van der Waals surface area contributed by atoms with E-state index in [9.17, 15) is 4.79 Å². The lowest BCUT2D eigenvalue weighted by Crippen LogP contribution is -2.24. The number of carbonyl (C=O) groups excluding carboxylic acids is 1. The van der Waals surface area contributed by atoms with E-state index in [-0.39, 0.29) is 11.2 Å². The summed E-state index contributed by atoms with van der Waals surface area (Å²) in [4.78, 5) is 15.7. The molecule has 0 aromatic heterocycles. The van der Waals surface area contributed by atoms with Crippen LogP contribution in [0.4, 0.5) is 0 Å². The number of hydrogen-bond donors (Lipinski definition) is 1. The molecule has 0 atom stereocenters. The molecule has 1 amide bonds. The fraction of sp³-hybridized carbons (Fsp3) is 0.0952. The molecule has 1 heterocycles. The van der Waals surface area contributed by atoms with Crippen LogP contribution in [0.5, 0.6) is 5.75 Å². The number of fused-ring (bicyclic) bond motifs is 3. The molecule has 6 heteroatoms. The van der Waals surface area contributed by atoms with Gasteiger partial charge in [-0.2, -0.15) is 0 Å². The van der Waals surface area contributed by atoms with Gasteiger partial charge in [-0.25, -0.2) is 0 Å². The van der Waals surface area contributed by atoms with Gasteiger partial charge >= 0.3 is 5.91 Å². The molecule has 27 heavy (non-hydrogen) atoms. The molecule has 3 aromatic carbocycles. The van der Waals surface area contributed by atoms with Crippen molar-refractivity contribution in [3.8, 4) is 5.75 Å². The van der Waals surface area contributed by atoms with E-state index in [2.05, 4.69) is 50.3 Å². The summed E-state index contributed by atoms with van der Waals surface area (Å²) in [7, 11) is 1.64. The van der Waals surface area contributed by atoms with Crippen molar-refractivity contribution < 1.29 is 13.9 Å². The van der Waals surface area contributed by atoms with Gasteiger partial charge < -0.3 is 9.72 Å². The van der Waals surface area contributed by atoms with Gasteiger partial charge in [-0.3, -0.25) is 4.79 Å². The summed E-state index contributed by atoms with van der Waals surface area (Å²) in [5.74, 6) is 0.499. The molecule has 0 spiro atoms. The second-order valence-corrected chi connectivity index (χ2v) is 6.94. The van der Waals surface area contributed by atoms with Crippen molar-refractivity contribution in [2.75, 3.05) is 12.4 Å². The van der Waals surface area contributed by atoms with Crippen molar-refractivity contribution in [2.24, 2.45) is 5.11 Å². The van der Waals surface area contributed by atoms with Crippen LogP contribution in [0.2, 0.25) is 0 Å². The van der Waals surface area contributed by atoms with E-state index in [1.165, 1.54) is 5.39 Å². The van der Waals surface area contributed by atoms with E-state index in [1.54, 1.807) is 11.5 Å². The van der Waals surface area contributed by atoms with Gasteiger partial charge in [-0.1, -0.05) is 46.3 Å². The standard InChI is InChI=1S/C21H14BrN3O2/c1-27-13-8-9-17-16(10-13)23-20-14-6-2-4-12-5-3-7-15(19(12)14)21(20)25(17)24-18(26)11-22/h2-10H,11H2,1H3/p+1. The van der Waals surface area contributed by atoms with Crippen LogP contribution in [0, 0.1) is 10.7 Å². The summed E-state index contributed by atoms with van der Waals surface area (Å²) in [6.45, 7) is 0. The van der Waals surface area contributed by atoms with E-state index < -0.39 is 0 Å². The molecule has 132 valence electrons. The van der Waals surface area contributed by atoms with E-state index in [1.807, 2.05) is 30.3 Å². The fourth-order valence-electron chi connectivity index (χ4n) is 3.78. The van der Waals surface area contributed by atoms with Crippen molar-refractivity contribution in [1.29, 1.82) is 0 Å². The third-order valence-corrected chi connectivity index (χ3v) is 5.37. The van der Waals surface area contributed by atoms with E-state index in [0.717, 1.165) is 43.6 Å². The van der Waals surface area contributed by atoms with Gasteiger partial charge in [0.25, 0.3) is 10.9 Å². The third kappa shape index (κ3) is 2.33. The molecule has 1 N–H and O–H groups in total. The number of aromatic nitrogens is 2. The number of halogens is 1. The zero-order chi connectivity index (χ0) is 18.5. The third-order valence-electron chi connectivity index (χ3n) is 4.90. The van der Waals surface area contributed by atoms with E-state index >= 15 is 0 Å². The van der Waals surface area contributed by atoms with Gasteiger partial charge in [0.05, 0.1) is 17.8 Å². The SMILES string of the molecule is COc1ccc2c(c1)[nH]c1c3cccc4cccc(c=1[n+]2=NC(=O)CBr)c43. The molecule has 1 aliphatic heterocycles. The van der Waals surface area contributed by atoms with Gasteiger partial charge in [-0.15, -0.1) is 0 Å². The van der Waals surface area contributed by atoms with Crippen molar-refractivity contribution >= 4 is 54.4 Å². The lowest BCUT2D eigenvalue weighted by Gasteiger charge is -1.99. The molecule has 0 unspecified atom stereocenters. The first-order valence-corrected chi connectivity index (χ1v) is 9.66. The molecule has 0 bridgehead atoms. The molecule has 0 saturated carbocycles. The Labute approximate surface area is 162 Å². The number of ether oxygens (including phenoxy) is 1. The highest BCUT2D eigenvalue weighted by atomic mass is 79.9. The Bertz CT molecular complexity index is 1470. The van der Waals surface area contributed by atoms with Crippen molar-refractivity contribution in [1.82, 2.24) is 4.98 Å². The molecular formula is C21H15BrN3O2+. The normalized spacial score (nSPS) is 12.6. The quantitative estimate of drug-likeness (QED) is 0.344. The summed E-state index contributed by atoms with van der Waals surface area (Å²) in [6.07, 6.45) is 0. The number of aromatic amines is 1. The number of amides is 1. The Hall–Kier alpha value is -2.99. The van der Waals surface area contributed by atoms with Crippen molar-refractivity contribution in [3.63, 3.8) is 0 Å². The highest BCUT2D eigenvalue weighted by Crippen LogP contribution is 2.30. The van der Waals surface area contributed by atoms with Gasteiger partial charge in [0, 0.05) is 28.0 Å². The first-order chi connectivity index (χ1) is 13.2. The molecule has 0 radical (unpaired) electrons. The summed E-state index contributed by atoms with van der Waals surface area (Å²) >= 11 is 3.21. The van der Waals surface area contributed by atoms with Crippen molar-refractivity contribution in [2.45, 2.75) is 0 Å². The highest BCUT2D eigenvalue weighted by Gasteiger charge is 2.20. The van der Waals surface area contributed by atoms with E-state index in [4.69, 9.17) is 4.74 Å². The zero-order valence-corrected chi connectivity index (χ0v) is 16.1. The summed E-state index contributed by atoms with van der Waals surface area (Å²) < 4.78 is 7.12. The number of alkyl halides is 1. The number of carbonyl (C=O) groups is 1. The number of hydrogen-bond acceptors (Lipinski definition) is 2. The predicted molar refractivity (Wildman–Crippen MR) is 108 cm³/mol. The largest absolute Gasteiger partial charge is 0.497 e. The van der Waals surface area contributed by atoms with Gasteiger partial charge in [0.2, 0.25) is 0 Å². The molecule has 3 aromatic rings. The van der Waals surface area contributed by atoms with Gasteiger partial charge in [0.15, 0.2) is 0 Å². The van der Waals surface area contributed by atoms with Crippen LogP contribution in [0.1, 0.15) is 0 Å². The average molecular weight is 421 g/mol. The van der Waals surface area contributed by atoms with Crippen LogP contribution in [0.25, 0.3) is 32.6 Å². The van der Waals surface area contributed by atoms with Gasteiger partial charge in [-0.05, 0) is 21.9 Å². The smallest absolute Gasteiger partial charge is 0.319 e. The predicted octanol–water partition coefficient (Wildman–Crippen LogP) is 4.17. The second-order valence-electron chi connectivity index (χ2n) is 6.38. The minimum atomic E-state index is -0.242. The number of rotatable bonds is 2. The molecule has 5 nitrogen and oxygen atoms in total. The minimum Gasteiger partial charge on any atom is -0.497 e. The van der Waals surface area contributed by atoms with Crippen LogP contribution < -0.4 is 9.10 Å². The number of H-pyrrole nitrogens is 1. The molecular weight excluding hydrogens is 406 g/mol.